The highest BCUT2D eigenvalue weighted by molar-refractivity contribution is 5.71. The summed E-state index contributed by atoms with van der Waals surface area (Å²) in [6, 6.07) is 8.15. The first kappa shape index (κ1) is 22.4. The molecule has 1 saturated carbocycles. The number of benzene rings is 1. The van der Waals surface area contributed by atoms with Crippen LogP contribution in [0.3, 0.4) is 0 Å². The molecule has 34 heavy (non-hydrogen) atoms. The van der Waals surface area contributed by atoms with Gasteiger partial charge in [-0.3, -0.25) is 9.47 Å². The number of ether oxygens (including phenoxy) is 1. The van der Waals surface area contributed by atoms with Crippen LogP contribution in [0.4, 0.5) is 4.39 Å². The monoisotopic (exact) mass is 466 g/mol. The van der Waals surface area contributed by atoms with E-state index in [1.807, 2.05) is 14.0 Å². The zero-order chi connectivity index (χ0) is 24.3. The van der Waals surface area contributed by atoms with Gasteiger partial charge >= 0.3 is 5.69 Å². The number of alkyl halides is 1. The number of hydrogen-bond donors (Lipinski definition) is 1. The van der Waals surface area contributed by atoms with Gasteiger partial charge in [-0.2, -0.15) is 4.98 Å². The summed E-state index contributed by atoms with van der Waals surface area (Å²) in [7, 11) is 3.53. The molecule has 1 aliphatic carbocycles. The summed E-state index contributed by atoms with van der Waals surface area (Å²) in [5.41, 5.74) is 0.0943. The molecule has 4 heterocycles. The number of rotatable bonds is 4. The Kier molecular flexibility index (Phi) is 5.16. The Hall–Kier alpha value is -3.40. The first-order valence-corrected chi connectivity index (χ1v) is 11.2. The number of piperidine rings is 2. The quantitative estimate of drug-likeness (QED) is 0.626. The largest absolute Gasteiger partial charge is 0.507 e. The highest BCUT2D eigenvalue weighted by Crippen LogP contribution is 2.51. The van der Waals surface area contributed by atoms with E-state index in [1.165, 1.54) is 17.0 Å². The van der Waals surface area contributed by atoms with Crippen molar-refractivity contribution in [3.05, 3.63) is 47.1 Å². The molecular formula is C24H27FN6O3. The smallest absolute Gasteiger partial charge is 0.350 e. The number of aryl methyl sites for hydroxylation is 1. The van der Waals surface area contributed by atoms with Gasteiger partial charge in [-0.15, -0.1) is 10.2 Å². The molecule has 4 atom stereocenters. The topological polar surface area (TPSA) is 106 Å². The average molecular weight is 467 g/mol. The Morgan fingerprint density at radius 2 is 1.94 bits per heavy atom. The van der Waals surface area contributed by atoms with E-state index < -0.39 is 23.5 Å². The third-order valence-corrected chi connectivity index (χ3v) is 7.50. The minimum Gasteiger partial charge on any atom is -0.507 e. The molecule has 2 bridgehead atoms. The molecule has 3 fully saturated rings. The van der Waals surface area contributed by atoms with Crippen LogP contribution in [0.25, 0.3) is 22.6 Å². The third-order valence-electron chi connectivity index (χ3n) is 7.50. The van der Waals surface area contributed by atoms with Crippen LogP contribution in [0.1, 0.15) is 26.7 Å². The first-order valence-electron chi connectivity index (χ1n) is 11.2. The van der Waals surface area contributed by atoms with Crippen molar-refractivity contribution in [3.63, 3.8) is 0 Å². The van der Waals surface area contributed by atoms with Crippen LogP contribution in [0.2, 0.25) is 0 Å². The van der Waals surface area contributed by atoms with Gasteiger partial charge in [0.25, 0.3) is 0 Å². The van der Waals surface area contributed by atoms with E-state index in [0.717, 1.165) is 19.4 Å². The lowest BCUT2D eigenvalue weighted by Gasteiger charge is -2.61. The molecule has 3 aliphatic rings. The van der Waals surface area contributed by atoms with Gasteiger partial charge in [0.1, 0.15) is 18.2 Å². The first-order chi connectivity index (χ1) is 16.1. The fourth-order valence-electron chi connectivity index (χ4n) is 5.07. The van der Waals surface area contributed by atoms with Crippen molar-refractivity contribution in [2.45, 2.75) is 44.5 Å². The summed E-state index contributed by atoms with van der Waals surface area (Å²) in [4.78, 5) is 21.9. The van der Waals surface area contributed by atoms with E-state index in [-0.39, 0.29) is 22.9 Å². The standard InChI is InChI=1S/C24H27FN6O3/c1-23-9-10-24(2,31(4)12-23)19(25)20(23)34-18-8-7-16(28-29-18)15-6-5-14(11-17(15)32)21-26-13-30(3)22(33)27-21/h5-8,11,13,19-20,32H,9-10,12H2,1-4H3/t19?,20?,23?,24-/m1/s1. The Morgan fingerprint density at radius 1 is 1.15 bits per heavy atom. The molecule has 3 unspecified atom stereocenters. The molecule has 0 spiro atoms. The maximum atomic E-state index is 15.5. The Morgan fingerprint density at radius 3 is 2.59 bits per heavy atom. The lowest BCUT2D eigenvalue weighted by molar-refractivity contribution is -0.177. The van der Waals surface area contributed by atoms with Crippen molar-refractivity contribution in [1.29, 1.82) is 0 Å². The van der Waals surface area contributed by atoms with E-state index in [2.05, 4.69) is 32.0 Å². The second-order valence-electron chi connectivity index (χ2n) is 9.87. The minimum atomic E-state index is -1.14. The number of fused-ring (bicyclic) bond motifs is 3. The van der Waals surface area contributed by atoms with Crippen molar-refractivity contribution in [3.8, 4) is 34.3 Å². The SMILES string of the molecule is CN1CC2(C)CC[C@]1(C)C(F)C2Oc1ccc(-c2ccc(-c3ncn(C)c(=O)n3)cc2O)nn1. The van der Waals surface area contributed by atoms with Crippen molar-refractivity contribution >= 4 is 0 Å². The number of nitrogens with zero attached hydrogens (tertiary/aromatic N) is 6. The van der Waals surface area contributed by atoms with Gasteiger partial charge in [0.2, 0.25) is 5.88 Å². The molecule has 10 heteroatoms. The lowest BCUT2D eigenvalue weighted by atomic mass is 9.60. The molecule has 0 radical (unpaired) electrons. The number of phenolic OH excluding ortho intramolecular Hbond substituents is 1. The molecule has 6 rings (SSSR count). The second kappa shape index (κ2) is 7.83. The highest BCUT2D eigenvalue weighted by Gasteiger charge is 2.61. The Bertz CT molecular complexity index is 1300. The van der Waals surface area contributed by atoms with Gasteiger partial charge in [-0.1, -0.05) is 13.0 Å². The fourth-order valence-corrected chi connectivity index (χ4v) is 5.07. The van der Waals surface area contributed by atoms with Crippen LogP contribution >= 0.6 is 0 Å². The predicted octanol–water partition coefficient (Wildman–Crippen LogP) is 2.59. The fraction of sp³-hybridized carbons (Fsp3) is 0.458. The van der Waals surface area contributed by atoms with Crippen LogP contribution < -0.4 is 10.4 Å². The molecule has 2 aromatic heterocycles. The summed E-state index contributed by atoms with van der Waals surface area (Å²) in [5.74, 6) is 0.415. The minimum absolute atomic E-state index is 0.0540. The zero-order valence-corrected chi connectivity index (χ0v) is 19.6. The van der Waals surface area contributed by atoms with Crippen LogP contribution in [0.15, 0.2) is 41.5 Å². The van der Waals surface area contributed by atoms with Gasteiger partial charge < -0.3 is 9.84 Å². The van der Waals surface area contributed by atoms with Crippen molar-refractivity contribution in [2.75, 3.05) is 13.6 Å². The Balaban J connectivity index is 1.36. The number of halogens is 1. The summed E-state index contributed by atoms with van der Waals surface area (Å²) >= 11 is 0. The van der Waals surface area contributed by atoms with Crippen LogP contribution in [-0.2, 0) is 7.05 Å². The van der Waals surface area contributed by atoms with Gasteiger partial charge in [0.05, 0.1) is 11.2 Å². The van der Waals surface area contributed by atoms with E-state index in [9.17, 15) is 9.90 Å². The Labute approximate surface area is 196 Å². The second-order valence-corrected chi connectivity index (χ2v) is 9.87. The molecule has 1 aromatic carbocycles. The van der Waals surface area contributed by atoms with Crippen molar-refractivity contribution in [2.24, 2.45) is 12.5 Å². The number of aromatic nitrogens is 5. The molecule has 3 aromatic rings. The van der Waals surface area contributed by atoms with Gasteiger partial charge in [-0.05, 0) is 45.0 Å². The van der Waals surface area contributed by atoms with E-state index in [4.69, 9.17) is 4.74 Å². The summed E-state index contributed by atoms with van der Waals surface area (Å²) < 4.78 is 22.8. The molecule has 9 nitrogen and oxygen atoms in total. The molecular weight excluding hydrogens is 439 g/mol. The summed E-state index contributed by atoms with van der Waals surface area (Å²) in [6.45, 7) is 4.77. The molecule has 178 valence electrons. The molecule has 1 N–H and O–H groups in total. The molecule has 2 aliphatic heterocycles. The van der Waals surface area contributed by atoms with E-state index in [1.54, 1.807) is 31.3 Å². The van der Waals surface area contributed by atoms with Crippen LogP contribution in [-0.4, -0.2) is 66.1 Å². The predicted molar refractivity (Wildman–Crippen MR) is 123 cm³/mol. The number of aromatic hydroxyl groups is 1. The van der Waals surface area contributed by atoms with Crippen molar-refractivity contribution in [1.82, 2.24) is 29.6 Å². The zero-order valence-electron chi connectivity index (χ0n) is 19.6. The lowest BCUT2D eigenvalue weighted by Crippen LogP contribution is -2.72. The molecule has 2 saturated heterocycles. The summed E-state index contributed by atoms with van der Waals surface area (Å²) in [5, 5.41) is 18.9. The third kappa shape index (κ3) is 3.53. The van der Waals surface area contributed by atoms with Crippen LogP contribution in [0.5, 0.6) is 11.6 Å². The van der Waals surface area contributed by atoms with Crippen LogP contribution in [0, 0.1) is 5.41 Å². The van der Waals surface area contributed by atoms with E-state index in [0.29, 0.717) is 16.8 Å². The maximum Gasteiger partial charge on any atom is 0.350 e. The van der Waals surface area contributed by atoms with Gasteiger partial charge in [0.15, 0.2) is 12.0 Å². The van der Waals surface area contributed by atoms with Crippen molar-refractivity contribution < 1.29 is 14.2 Å². The number of phenols is 1. The maximum absolute atomic E-state index is 15.5. The normalized spacial score (nSPS) is 28.7. The molecule has 0 amide bonds. The van der Waals surface area contributed by atoms with Gasteiger partial charge in [-0.25, -0.2) is 14.2 Å². The van der Waals surface area contributed by atoms with Gasteiger partial charge in [0, 0.05) is 36.2 Å². The number of hydrogen-bond acceptors (Lipinski definition) is 8. The van der Waals surface area contributed by atoms with E-state index >= 15 is 4.39 Å². The summed E-state index contributed by atoms with van der Waals surface area (Å²) in [6.07, 6.45) is 1.32. The average Bonchev–Trinajstić information content (AvgIpc) is 2.81. The highest BCUT2D eigenvalue weighted by atomic mass is 19.1.